The second kappa shape index (κ2) is 12.3. The zero-order valence-corrected chi connectivity index (χ0v) is 33.6. The van der Waals surface area contributed by atoms with Gasteiger partial charge in [-0.2, -0.15) is 10.5 Å². The normalized spacial score (nSPS) is 12.1. The van der Waals surface area contributed by atoms with Gasteiger partial charge in [-0.05, 0) is 104 Å². The molecule has 0 fully saturated rings. The van der Waals surface area contributed by atoms with Crippen LogP contribution in [-0.4, -0.2) is 13.7 Å². The van der Waals surface area contributed by atoms with E-state index in [0.29, 0.717) is 22.5 Å². The van der Waals surface area contributed by atoms with Crippen molar-refractivity contribution in [3.05, 3.63) is 199 Å². The van der Waals surface area contributed by atoms with E-state index in [4.69, 9.17) is 0 Å². The highest BCUT2D eigenvalue weighted by Gasteiger charge is 2.27. The third-order valence-corrected chi connectivity index (χ3v) is 13.6. The zero-order chi connectivity index (χ0) is 41.5. The van der Waals surface area contributed by atoms with Gasteiger partial charge in [-0.25, -0.2) is 0 Å². The number of hydrogen-bond acceptors (Lipinski definition) is 2. The third-order valence-electron chi connectivity index (χ3n) is 13.6. The Labute approximate surface area is 360 Å². The lowest BCUT2D eigenvalue weighted by atomic mass is 9.98. The number of hydrogen-bond donors (Lipinski definition) is 0. The number of aromatic nitrogens is 3. The summed E-state index contributed by atoms with van der Waals surface area (Å²) in [7, 11) is 0. The molecule has 5 nitrogen and oxygen atoms in total. The van der Waals surface area contributed by atoms with Gasteiger partial charge in [0.15, 0.2) is 0 Å². The predicted molar refractivity (Wildman–Crippen MR) is 258 cm³/mol. The molecule has 0 amide bonds. The lowest BCUT2D eigenvalue weighted by Crippen LogP contribution is -2.04. The summed E-state index contributed by atoms with van der Waals surface area (Å²) in [5.74, 6) is 0. The summed E-state index contributed by atoms with van der Waals surface area (Å²) in [6.07, 6.45) is 0. The highest BCUT2D eigenvalue weighted by Crippen LogP contribution is 2.51. The van der Waals surface area contributed by atoms with Crippen LogP contribution in [0.25, 0.3) is 126 Å². The summed E-state index contributed by atoms with van der Waals surface area (Å²) >= 11 is 0. The molecule has 288 valence electrons. The molecular formula is C58H31N5. The van der Waals surface area contributed by atoms with E-state index in [2.05, 4.69) is 202 Å². The van der Waals surface area contributed by atoms with E-state index in [9.17, 15) is 10.5 Å². The largest absolute Gasteiger partial charge is 0.309 e. The molecule has 0 saturated carbocycles. The van der Waals surface area contributed by atoms with Gasteiger partial charge in [-0.3, -0.25) is 0 Å². The van der Waals surface area contributed by atoms with Crippen LogP contribution >= 0.6 is 0 Å². The monoisotopic (exact) mass is 797 g/mol. The first-order chi connectivity index (χ1) is 31.2. The maximum atomic E-state index is 11.2. The topological polar surface area (TPSA) is 62.4 Å². The van der Waals surface area contributed by atoms with E-state index in [0.717, 1.165) is 71.1 Å². The lowest BCUT2D eigenvalue weighted by Gasteiger charge is -2.16. The van der Waals surface area contributed by atoms with E-state index in [-0.39, 0.29) is 0 Å². The molecule has 1 aliphatic rings. The number of benzene rings is 10. The molecule has 0 spiro atoms. The van der Waals surface area contributed by atoms with E-state index >= 15 is 0 Å². The standard InChI is InChI=1S/C58H31N5/c59-32-35-29-54(63-50-23-10-7-18-44(50)58-45-20-11-19-43-39-14-3-4-15-40(39)46(56(43)45)31-55(58)63)36(33-60)28-53(35)62-51-27-25-37(30-47(51)57-38-13-2-1-12-34(38)24-26-52(57)62)61-48-21-8-5-16-41(48)42-17-6-9-22-49(42)61/h1-31H. The number of fused-ring (bicyclic) bond motifs is 15. The molecule has 13 aromatic rings. The van der Waals surface area contributed by atoms with Crippen LogP contribution in [0.3, 0.4) is 0 Å². The summed E-state index contributed by atoms with van der Waals surface area (Å²) in [4.78, 5) is 0. The molecule has 0 unspecified atom stereocenters. The van der Waals surface area contributed by atoms with Gasteiger partial charge in [-0.1, -0.05) is 127 Å². The molecule has 0 aliphatic heterocycles. The summed E-state index contributed by atoms with van der Waals surface area (Å²) in [6, 6.07) is 71.6. The summed E-state index contributed by atoms with van der Waals surface area (Å²) < 4.78 is 6.74. The van der Waals surface area contributed by atoms with Crippen LogP contribution in [0.1, 0.15) is 11.1 Å². The summed E-state index contributed by atoms with van der Waals surface area (Å²) in [5.41, 5.74) is 14.4. The number of nitrogens with zero attached hydrogens (tertiary/aromatic N) is 5. The van der Waals surface area contributed by atoms with Gasteiger partial charge < -0.3 is 13.7 Å². The number of nitriles is 2. The Kier molecular flexibility index (Phi) is 6.63. The fourth-order valence-corrected chi connectivity index (χ4v) is 11.1. The fourth-order valence-electron chi connectivity index (χ4n) is 11.1. The van der Waals surface area contributed by atoms with E-state index in [1.165, 1.54) is 43.8 Å². The maximum Gasteiger partial charge on any atom is 0.101 e. The molecule has 3 aromatic heterocycles. The van der Waals surface area contributed by atoms with Crippen molar-refractivity contribution in [3.63, 3.8) is 0 Å². The van der Waals surface area contributed by atoms with Crippen molar-refractivity contribution in [1.82, 2.24) is 13.7 Å². The molecule has 1 aliphatic carbocycles. The maximum absolute atomic E-state index is 11.2. The Morgan fingerprint density at radius 3 is 1.51 bits per heavy atom. The van der Waals surface area contributed by atoms with Crippen LogP contribution in [0.15, 0.2) is 188 Å². The van der Waals surface area contributed by atoms with Gasteiger partial charge in [0.1, 0.15) is 12.1 Å². The van der Waals surface area contributed by atoms with Crippen molar-refractivity contribution >= 4 is 87.0 Å². The first kappa shape index (κ1) is 33.9. The Balaban J connectivity index is 1.06. The number of para-hydroxylation sites is 3. The smallest absolute Gasteiger partial charge is 0.101 e. The van der Waals surface area contributed by atoms with Crippen LogP contribution < -0.4 is 0 Å². The molecule has 10 aromatic carbocycles. The van der Waals surface area contributed by atoms with Crippen molar-refractivity contribution < 1.29 is 0 Å². The Hall–Kier alpha value is -8.90. The van der Waals surface area contributed by atoms with E-state index in [1.807, 2.05) is 12.1 Å². The van der Waals surface area contributed by atoms with Gasteiger partial charge in [0.2, 0.25) is 0 Å². The van der Waals surface area contributed by atoms with Gasteiger partial charge in [0.05, 0.1) is 55.6 Å². The zero-order valence-electron chi connectivity index (χ0n) is 33.6. The van der Waals surface area contributed by atoms with Crippen molar-refractivity contribution in [3.8, 4) is 51.5 Å². The first-order valence-corrected chi connectivity index (χ1v) is 21.2. The van der Waals surface area contributed by atoms with Crippen LogP contribution in [0.2, 0.25) is 0 Å². The average molecular weight is 798 g/mol. The van der Waals surface area contributed by atoms with Gasteiger partial charge in [-0.15, -0.1) is 0 Å². The lowest BCUT2D eigenvalue weighted by molar-refractivity contribution is 1.12. The highest BCUT2D eigenvalue weighted by molar-refractivity contribution is 6.29. The molecule has 0 atom stereocenters. The minimum absolute atomic E-state index is 0.478. The minimum atomic E-state index is 0.478. The van der Waals surface area contributed by atoms with Crippen molar-refractivity contribution in [1.29, 1.82) is 10.5 Å². The Morgan fingerprint density at radius 2 is 0.810 bits per heavy atom. The van der Waals surface area contributed by atoms with Crippen molar-refractivity contribution in [2.75, 3.05) is 0 Å². The Bertz CT molecular complexity index is 4240. The minimum Gasteiger partial charge on any atom is -0.309 e. The first-order valence-electron chi connectivity index (χ1n) is 21.2. The summed E-state index contributed by atoms with van der Waals surface area (Å²) in [6.45, 7) is 0. The van der Waals surface area contributed by atoms with Gasteiger partial charge >= 0.3 is 0 Å². The molecule has 5 heteroatoms. The summed E-state index contributed by atoms with van der Waals surface area (Å²) in [5, 5.41) is 33.9. The van der Waals surface area contributed by atoms with E-state index < -0.39 is 0 Å². The fraction of sp³-hybridized carbons (Fsp3) is 0. The molecule has 0 radical (unpaired) electrons. The molecule has 63 heavy (non-hydrogen) atoms. The van der Waals surface area contributed by atoms with Gasteiger partial charge in [0, 0.05) is 38.0 Å². The molecule has 0 N–H and O–H groups in total. The quantitative estimate of drug-likeness (QED) is 0.179. The SMILES string of the molecule is N#Cc1cc(-n2c3ccccc3c3c4cccc5c4c(cc32)-c2ccccc2-5)c(C#N)cc1-n1c2ccc(-n3c4ccccc4c4ccccc43)cc2c2c3ccccc3ccc21. The average Bonchev–Trinajstić information content (AvgIpc) is 4.07. The highest BCUT2D eigenvalue weighted by atomic mass is 15.0. The number of rotatable bonds is 3. The van der Waals surface area contributed by atoms with Gasteiger partial charge in [0.25, 0.3) is 0 Å². The van der Waals surface area contributed by atoms with Crippen LogP contribution in [0, 0.1) is 22.7 Å². The third kappa shape index (κ3) is 4.37. The van der Waals surface area contributed by atoms with Crippen LogP contribution in [0.4, 0.5) is 0 Å². The van der Waals surface area contributed by atoms with Crippen LogP contribution in [0.5, 0.6) is 0 Å². The Morgan fingerprint density at radius 1 is 0.302 bits per heavy atom. The molecule has 0 bridgehead atoms. The molecular weight excluding hydrogens is 767 g/mol. The molecule has 3 heterocycles. The second-order valence-corrected chi connectivity index (χ2v) is 16.6. The molecule has 14 rings (SSSR count). The van der Waals surface area contributed by atoms with Crippen molar-refractivity contribution in [2.24, 2.45) is 0 Å². The second-order valence-electron chi connectivity index (χ2n) is 16.6. The molecule has 0 saturated heterocycles. The van der Waals surface area contributed by atoms with Crippen molar-refractivity contribution in [2.45, 2.75) is 0 Å². The predicted octanol–water partition coefficient (Wildman–Crippen LogP) is 14.7. The van der Waals surface area contributed by atoms with Crippen LogP contribution in [-0.2, 0) is 0 Å². The van der Waals surface area contributed by atoms with E-state index in [1.54, 1.807) is 0 Å².